The summed E-state index contributed by atoms with van der Waals surface area (Å²) in [6.45, 7) is 2.41. The van der Waals surface area contributed by atoms with Gasteiger partial charge in [-0.25, -0.2) is 13.1 Å². The molecule has 0 aliphatic carbocycles. The number of benzene rings is 2. The van der Waals surface area contributed by atoms with Crippen LogP contribution in [0.25, 0.3) is 0 Å². The third-order valence-electron chi connectivity index (χ3n) is 3.81. The van der Waals surface area contributed by atoms with Crippen LogP contribution in [-0.2, 0) is 21.2 Å². The zero-order chi connectivity index (χ0) is 19.0. The molecular formula is C19H24N2O4S. The van der Waals surface area contributed by atoms with Gasteiger partial charge < -0.3 is 10.1 Å². The maximum absolute atomic E-state index is 12.2. The second-order valence-corrected chi connectivity index (χ2v) is 7.58. The molecule has 0 heterocycles. The van der Waals surface area contributed by atoms with Crippen molar-refractivity contribution < 1.29 is 17.9 Å². The Hall–Kier alpha value is -2.38. The molecule has 0 spiro atoms. The van der Waals surface area contributed by atoms with Gasteiger partial charge in [-0.3, -0.25) is 4.79 Å². The number of carbonyl (C=O) groups excluding carboxylic acids is 1. The van der Waals surface area contributed by atoms with Crippen LogP contribution < -0.4 is 14.8 Å². The quantitative estimate of drug-likeness (QED) is 0.659. The molecule has 7 heteroatoms. The number of anilines is 1. The van der Waals surface area contributed by atoms with E-state index in [4.69, 9.17) is 4.74 Å². The van der Waals surface area contributed by atoms with E-state index < -0.39 is 10.0 Å². The average Bonchev–Trinajstić information content (AvgIpc) is 2.62. The molecule has 1 amide bonds. The van der Waals surface area contributed by atoms with E-state index in [1.807, 2.05) is 25.1 Å². The van der Waals surface area contributed by atoms with Crippen molar-refractivity contribution in [2.45, 2.75) is 31.1 Å². The van der Waals surface area contributed by atoms with Gasteiger partial charge in [0.1, 0.15) is 5.75 Å². The number of ether oxygens (including phenoxy) is 1. The number of sulfonamides is 1. The predicted octanol–water partition coefficient (Wildman–Crippen LogP) is 2.95. The molecule has 0 aliphatic heterocycles. The summed E-state index contributed by atoms with van der Waals surface area (Å²) >= 11 is 0. The highest BCUT2D eigenvalue weighted by atomic mass is 32.2. The number of para-hydroxylation sites is 1. The van der Waals surface area contributed by atoms with Crippen LogP contribution in [0.4, 0.5) is 5.69 Å². The summed E-state index contributed by atoms with van der Waals surface area (Å²) in [5.41, 5.74) is 1.32. The molecule has 2 N–H and O–H groups in total. The summed E-state index contributed by atoms with van der Waals surface area (Å²) in [7, 11) is -1.95. The molecule has 0 aliphatic rings. The second kappa shape index (κ2) is 9.35. The van der Waals surface area contributed by atoms with Crippen LogP contribution in [0.2, 0.25) is 0 Å². The van der Waals surface area contributed by atoms with E-state index in [9.17, 15) is 13.2 Å². The first kappa shape index (κ1) is 19.9. The van der Waals surface area contributed by atoms with E-state index in [1.165, 1.54) is 12.1 Å². The molecule has 0 unspecified atom stereocenters. The Bertz CT molecular complexity index is 833. The average molecular weight is 376 g/mol. The van der Waals surface area contributed by atoms with Gasteiger partial charge in [0.25, 0.3) is 0 Å². The molecule has 2 aromatic carbocycles. The topological polar surface area (TPSA) is 84.5 Å². The number of rotatable bonds is 9. The van der Waals surface area contributed by atoms with E-state index in [-0.39, 0.29) is 17.2 Å². The van der Waals surface area contributed by atoms with Crippen LogP contribution in [0.1, 0.15) is 25.3 Å². The third-order valence-corrected chi connectivity index (χ3v) is 5.29. The molecular weight excluding hydrogens is 352 g/mol. The highest BCUT2D eigenvalue weighted by molar-refractivity contribution is 7.89. The van der Waals surface area contributed by atoms with Crippen molar-refractivity contribution in [3.05, 3.63) is 54.1 Å². The number of hydrogen-bond acceptors (Lipinski definition) is 4. The monoisotopic (exact) mass is 376 g/mol. The molecule has 0 fully saturated rings. The molecule has 0 aromatic heterocycles. The van der Waals surface area contributed by atoms with E-state index in [2.05, 4.69) is 10.0 Å². The van der Waals surface area contributed by atoms with Crippen molar-refractivity contribution in [2.24, 2.45) is 0 Å². The van der Waals surface area contributed by atoms with Crippen LogP contribution in [0.5, 0.6) is 5.75 Å². The maximum atomic E-state index is 12.2. The first-order valence-electron chi connectivity index (χ1n) is 8.47. The molecule has 140 valence electrons. The zero-order valence-electron chi connectivity index (χ0n) is 15.0. The number of hydrogen-bond donors (Lipinski definition) is 2. The summed E-state index contributed by atoms with van der Waals surface area (Å²) in [6, 6.07) is 13.4. The van der Waals surface area contributed by atoms with Gasteiger partial charge >= 0.3 is 0 Å². The van der Waals surface area contributed by atoms with Gasteiger partial charge in [0.15, 0.2) is 0 Å². The van der Waals surface area contributed by atoms with Crippen molar-refractivity contribution in [3.8, 4) is 5.75 Å². The summed E-state index contributed by atoms with van der Waals surface area (Å²) in [4.78, 5) is 12.4. The number of carbonyl (C=O) groups is 1. The largest absolute Gasteiger partial charge is 0.496 e. The van der Waals surface area contributed by atoms with E-state index in [0.29, 0.717) is 18.0 Å². The lowest BCUT2D eigenvalue weighted by Gasteiger charge is -2.10. The highest BCUT2D eigenvalue weighted by Crippen LogP contribution is 2.19. The zero-order valence-corrected chi connectivity index (χ0v) is 15.8. The Morgan fingerprint density at radius 3 is 2.42 bits per heavy atom. The lowest BCUT2D eigenvalue weighted by molar-refractivity contribution is -0.115. The van der Waals surface area contributed by atoms with Gasteiger partial charge in [-0.15, -0.1) is 0 Å². The van der Waals surface area contributed by atoms with E-state index in [1.54, 1.807) is 25.3 Å². The van der Waals surface area contributed by atoms with Crippen LogP contribution in [0.3, 0.4) is 0 Å². The van der Waals surface area contributed by atoms with Crippen LogP contribution >= 0.6 is 0 Å². The van der Waals surface area contributed by atoms with Gasteiger partial charge in [-0.2, -0.15) is 0 Å². The van der Waals surface area contributed by atoms with Crippen molar-refractivity contribution in [2.75, 3.05) is 19.0 Å². The van der Waals surface area contributed by atoms with Crippen LogP contribution in [0.15, 0.2) is 53.4 Å². The molecule has 2 rings (SSSR count). The Kier molecular flexibility index (Phi) is 7.17. The SMILES string of the molecule is CCCCNS(=O)(=O)c1ccc(NC(=O)Cc2ccccc2OC)cc1. The standard InChI is InChI=1S/C19H24N2O4S/c1-3-4-13-20-26(23,24)17-11-9-16(10-12-17)21-19(22)14-15-7-5-6-8-18(15)25-2/h5-12,20H,3-4,13-14H2,1-2H3,(H,21,22). The Morgan fingerprint density at radius 2 is 1.77 bits per heavy atom. The summed E-state index contributed by atoms with van der Waals surface area (Å²) < 4.78 is 32.1. The predicted molar refractivity (Wildman–Crippen MR) is 102 cm³/mol. The Morgan fingerprint density at radius 1 is 1.08 bits per heavy atom. The fourth-order valence-corrected chi connectivity index (χ4v) is 3.49. The summed E-state index contributed by atoms with van der Waals surface area (Å²) in [5, 5.41) is 2.76. The molecule has 0 bridgehead atoms. The molecule has 2 aromatic rings. The van der Waals surface area contributed by atoms with Crippen LogP contribution in [-0.4, -0.2) is 28.0 Å². The van der Waals surface area contributed by atoms with Gasteiger partial charge in [0, 0.05) is 17.8 Å². The first-order valence-corrected chi connectivity index (χ1v) is 9.96. The molecule has 0 saturated heterocycles. The van der Waals surface area contributed by atoms with Crippen molar-refractivity contribution in [1.82, 2.24) is 4.72 Å². The minimum Gasteiger partial charge on any atom is -0.496 e. The van der Waals surface area contributed by atoms with Crippen molar-refractivity contribution in [1.29, 1.82) is 0 Å². The fourth-order valence-electron chi connectivity index (χ4n) is 2.41. The number of amides is 1. The van der Waals surface area contributed by atoms with Crippen molar-refractivity contribution in [3.63, 3.8) is 0 Å². The van der Waals surface area contributed by atoms with Gasteiger partial charge in [0.05, 0.1) is 18.4 Å². The third kappa shape index (κ3) is 5.57. The number of methoxy groups -OCH3 is 1. The normalized spacial score (nSPS) is 11.2. The lowest BCUT2D eigenvalue weighted by Crippen LogP contribution is -2.24. The number of unbranched alkanes of at least 4 members (excludes halogenated alkanes) is 1. The molecule has 0 radical (unpaired) electrons. The van der Waals surface area contributed by atoms with Gasteiger partial charge in [-0.1, -0.05) is 31.5 Å². The van der Waals surface area contributed by atoms with Gasteiger partial charge in [0.2, 0.25) is 15.9 Å². The molecule has 26 heavy (non-hydrogen) atoms. The van der Waals surface area contributed by atoms with Crippen LogP contribution in [0, 0.1) is 0 Å². The Labute approximate surface area is 154 Å². The maximum Gasteiger partial charge on any atom is 0.240 e. The summed E-state index contributed by atoms with van der Waals surface area (Å²) in [5.74, 6) is 0.452. The minimum atomic E-state index is -3.51. The lowest BCUT2D eigenvalue weighted by atomic mass is 10.1. The van der Waals surface area contributed by atoms with E-state index in [0.717, 1.165) is 18.4 Å². The van der Waals surface area contributed by atoms with E-state index >= 15 is 0 Å². The fraction of sp³-hybridized carbons (Fsp3) is 0.316. The summed E-state index contributed by atoms with van der Waals surface area (Å²) in [6.07, 6.45) is 1.87. The van der Waals surface area contributed by atoms with Gasteiger partial charge in [-0.05, 0) is 36.8 Å². The molecule has 0 atom stereocenters. The van der Waals surface area contributed by atoms with Crippen molar-refractivity contribution >= 4 is 21.6 Å². The first-order chi connectivity index (χ1) is 12.5. The molecule has 0 saturated carbocycles. The minimum absolute atomic E-state index is 0.169. The Balaban J connectivity index is 1.99. The highest BCUT2D eigenvalue weighted by Gasteiger charge is 2.13. The second-order valence-electron chi connectivity index (χ2n) is 5.81. The smallest absolute Gasteiger partial charge is 0.240 e. The molecule has 6 nitrogen and oxygen atoms in total. The number of nitrogens with one attached hydrogen (secondary N) is 2.